The van der Waals surface area contributed by atoms with Gasteiger partial charge < -0.3 is 15.5 Å². The van der Waals surface area contributed by atoms with E-state index in [1.165, 1.54) is 12.8 Å². The molecule has 0 aliphatic heterocycles. The van der Waals surface area contributed by atoms with Crippen molar-refractivity contribution in [3.8, 4) is 0 Å². The Bertz CT molecular complexity index is 280. The number of esters is 1. The van der Waals surface area contributed by atoms with Crippen LogP contribution in [0.2, 0.25) is 0 Å². The number of rotatable bonds is 6. The maximum absolute atomic E-state index is 11.5. The molecule has 1 aliphatic carbocycles. The number of carbonyl (C=O) groups excluding carboxylic acids is 1. The first-order chi connectivity index (χ1) is 7.19. The van der Waals surface area contributed by atoms with Gasteiger partial charge in [-0.05, 0) is 32.1 Å². The van der Waals surface area contributed by atoms with E-state index in [1.807, 2.05) is 0 Å². The Morgan fingerprint density at radius 2 is 2.27 bits per heavy atom. The third kappa shape index (κ3) is 3.73. The van der Waals surface area contributed by atoms with E-state index in [9.17, 15) is 4.79 Å². The first kappa shape index (κ1) is 11.8. The van der Waals surface area contributed by atoms with Gasteiger partial charge in [-0.3, -0.25) is 0 Å². The maximum atomic E-state index is 11.5. The first-order valence-electron chi connectivity index (χ1n) is 5.31. The summed E-state index contributed by atoms with van der Waals surface area (Å²) >= 11 is 0. The summed E-state index contributed by atoms with van der Waals surface area (Å²) in [6.07, 6.45) is 4.59. The third-order valence-electron chi connectivity index (χ3n) is 2.30. The molecule has 2 N–H and O–H groups in total. The summed E-state index contributed by atoms with van der Waals surface area (Å²) in [6, 6.07) is 0. The molecule has 0 heterocycles. The molecule has 0 aromatic rings. The van der Waals surface area contributed by atoms with Gasteiger partial charge in [0.2, 0.25) is 0 Å². The van der Waals surface area contributed by atoms with E-state index in [2.05, 4.69) is 5.32 Å². The fraction of sp³-hybridized carbons (Fsp3) is 0.636. The van der Waals surface area contributed by atoms with Gasteiger partial charge in [-0.15, -0.1) is 0 Å². The Morgan fingerprint density at radius 3 is 2.73 bits per heavy atom. The van der Waals surface area contributed by atoms with Crippen molar-refractivity contribution in [2.75, 3.05) is 13.7 Å². The van der Waals surface area contributed by atoms with E-state index in [4.69, 9.17) is 10.1 Å². The quantitative estimate of drug-likeness (QED) is 0.396. The summed E-state index contributed by atoms with van der Waals surface area (Å²) in [5, 5.41) is 10.6. The highest BCUT2D eigenvalue weighted by atomic mass is 16.5. The Labute approximate surface area is 90.2 Å². The van der Waals surface area contributed by atoms with Crippen LogP contribution in [-0.4, -0.2) is 25.3 Å². The van der Waals surface area contributed by atoms with Gasteiger partial charge >= 0.3 is 5.97 Å². The lowest BCUT2D eigenvalue weighted by molar-refractivity contribution is -0.137. The monoisotopic (exact) mass is 210 g/mol. The molecule has 1 fully saturated rings. The summed E-state index contributed by atoms with van der Waals surface area (Å²) in [5.41, 5.74) is 0.733. The second-order valence-electron chi connectivity index (χ2n) is 3.69. The molecule has 0 aromatic carbocycles. The van der Waals surface area contributed by atoms with Crippen molar-refractivity contribution in [2.45, 2.75) is 26.2 Å². The zero-order chi connectivity index (χ0) is 11.3. The fourth-order valence-electron chi connectivity index (χ4n) is 1.34. The van der Waals surface area contributed by atoms with Crippen molar-refractivity contribution in [3.63, 3.8) is 0 Å². The second-order valence-corrected chi connectivity index (χ2v) is 3.69. The average Bonchev–Trinajstić information content (AvgIpc) is 2.98. The molecule has 4 nitrogen and oxygen atoms in total. The summed E-state index contributed by atoms with van der Waals surface area (Å²) in [5.74, 6) is 0.199. The van der Waals surface area contributed by atoms with Crippen molar-refractivity contribution in [3.05, 3.63) is 11.8 Å². The summed E-state index contributed by atoms with van der Waals surface area (Å²) in [6.45, 7) is 2.11. The topological polar surface area (TPSA) is 62.2 Å². The summed E-state index contributed by atoms with van der Waals surface area (Å²) < 4.78 is 4.89. The minimum atomic E-state index is -0.405. The highest BCUT2D eigenvalue weighted by molar-refractivity contribution is 6.18. The Balaban J connectivity index is 2.58. The minimum absolute atomic E-state index is 0.344. The highest BCUT2D eigenvalue weighted by Gasteiger charge is 2.26. The molecule has 84 valence electrons. The third-order valence-corrected chi connectivity index (χ3v) is 2.30. The average molecular weight is 210 g/mol. The molecule has 0 radical (unpaired) electrons. The van der Waals surface area contributed by atoms with Crippen molar-refractivity contribution in [1.29, 1.82) is 5.41 Å². The van der Waals surface area contributed by atoms with E-state index in [1.54, 1.807) is 20.2 Å². The highest BCUT2D eigenvalue weighted by Crippen LogP contribution is 2.33. The molecule has 0 amide bonds. The molecule has 0 unspecified atom stereocenters. The molecule has 1 aliphatic rings. The van der Waals surface area contributed by atoms with Crippen LogP contribution in [0.15, 0.2) is 11.8 Å². The van der Waals surface area contributed by atoms with Gasteiger partial charge in [-0.2, -0.15) is 0 Å². The van der Waals surface area contributed by atoms with E-state index >= 15 is 0 Å². The predicted octanol–water partition coefficient (Wildman–Crippen LogP) is 1.47. The zero-order valence-electron chi connectivity index (χ0n) is 9.30. The van der Waals surface area contributed by atoms with Gasteiger partial charge in [0.05, 0.1) is 12.2 Å². The molecular formula is C11H18N2O2. The molecule has 15 heavy (non-hydrogen) atoms. The molecule has 4 heteroatoms. The van der Waals surface area contributed by atoms with Crippen LogP contribution in [0.25, 0.3) is 0 Å². The van der Waals surface area contributed by atoms with Gasteiger partial charge in [0.15, 0.2) is 0 Å². The predicted molar refractivity (Wildman–Crippen MR) is 58.8 cm³/mol. The van der Waals surface area contributed by atoms with E-state index in [0.717, 1.165) is 0 Å². The Kier molecular flexibility index (Phi) is 4.34. The standard InChI is InChI=1S/C11H18N2O2/c1-3-15-11(14)9(7-13-2)10(12)6-8-4-5-8/h7-8,12-13H,3-6H2,1-2H3/b9-7+,12-10?. The van der Waals surface area contributed by atoms with E-state index in [-0.39, 0.29) is 0 Å². The van der Waals surface area contributed by atoms with Crippen molar-refractivity contribution >= 4 is 11.7 Å². The number of ether oxygens (including phenoxy) is 1. The lowest BCUT2D eigenvalue weighted by atomic mass is 10.1. The van der Waals surface area contributed by atoms with Crippen LogP contribution >= 0.6 is 0 Å². The molecule has 0 spiro atoms. The van der Waals surface area contributed by atoms with Gasteiger partial charge in [0.1, 0.15) is 0 Å². The van der Waals surface area contributed by atoms with Gasteiger partial charge in [-0.1, -0.05) is 0 Å². The van der Waals surface area contributed by atoms with Crippen LogP contribution in [0.3, 0.4) is 0 Å². The molecule has 0 bridgehead atoms. The van der Waals surface area contributed by atoms with Crippen LogP contribution in [0.1, 0.15) is 26.2 Å². The van der Waals surface area contributed by atoms with Crippen LogP contribution in [0.5, 0.6) is 0 Å². The number of carbonyl (C=O) groups is 1. The molecule has 1 rings (SSSR count). The summed E-state index contributed by atoms with van der Waals surface area (Å²) in [4.78, 5) is 11.5. The lowest BCUT2D eigenvalue weighted by Crippen LogP contribution is -2.18. The van der Waals surface area contributed by atoms with Crippen molar-refractivity contribution < 1.29 is 9.53 Å². The fourth-order valence-corrected chi connectivity index (χ4v) is 1.34. The summed E-state index contributed by atoms with van der Waals surface area (Å²) in [7, 11) is 1.71. The Hall–Kier alpha value is -1.32. The van der Waals surface area contributed by atoms with Crippen LogP contribution in [0, 0.1) is 11.3 Å². The van der Waals surface area contributed by atoms with Gasteiger partial charge in [0.25, 0.3) is 0 Å². The largest absolute Gasteiger partial charge is 0.462 e. The number of hydrogen-bond acceptors (Lipinski definition) is 4. The number of nitrogens with one attached hydrogen (secondary N) is 2. The molecular weight excluding hydrogens is 192 g/mol. The zero-order valence-corrected chi connectivity index (χ0v) is 9.30. The smallest absolute Gasteiger partial charge is 0.341 e. The van der Waals surface area contributed by atoms with Crippen molar-refractivity contribution in [2.24, 2.45) is 5.92 Å². The van der Waals surface area contributed by atoms with Crippen molar-refractivity contribution in [1.82, 2.24) is 5.32 Å². The molecule has 0 atom stereocenters. The van der Waals surface area contributed by atoms with Crippen LogP contribution < -0.4 is 5.32 Å². The Morgan fingerprint density at radius 1 is 1.60 bits per heavy atom. The maximum Gasteiger partial charge on any atom is 0.341 e. The number of hydrogen-bond donors (Lipinski definition) is 2. The normalized spacial score (nSPS) is 16.0. The van der Waals surface area contributed by atoms with Gasteiger partial charge in [-0.25, -0.2) is 4.79 Å². The van der Waals surface area contributed by atoms with E-state index < -0.39 is 5.97 Å². The second kappa shape index (κ2) is 5.53. The SMILES string of the molecule is CCOC(=O)/C(=C/NC)C(=N)CC1CC1. The first-order valence-corrected chi connectivity index (χ1v) is 5.31. The molecule has 1 saturated carbocycles. The lowest BCUT2D eigenvalue weighted by Gasteiger charge is -2.07. The van der Waals surface area contributed by atoms with Gasteiger partial charge in [0, 0.05) is 19.0 Å². The van der Waals surface area contributed by atoms with E-state index in [0.29, 0.717) is 30.2 Å². The molecule has 0 saturated heterocycles. The molecule has 0 aromatic heterocycles. The van der Waals surface area contributed by atoms with Crippen LogP contribution in [-0.2, 0) is 9.53 Å². The van der Waals surface area contributed by atoms with Crippen LogP contribution in [0.4, 0.5) is 0 Å². The minimum Gasteiger partial charge on any atom is -0.462 e.